The predicted octanol–water partition coefficient (Wildman–Crippen LogP) is 2.21. The Kier molecular flexibility index (Phi) is 7.18. The van der Waals surface area contributed by atoms with Gasteiger partial charge in [0.2, 0.25) is 11.0 Å². The standard InChI is InChI=1S/C24H19F2N5O3S/c1-27-20(32)10-14-5-7-15(16(9-14)17-11-18(22(25)26)28-12-19(17)34-2)23(33)29-24-31-30-21(35-24)8-6-13-3-4-13/h5,7,9,11,13,22H,3-4,10H2,1-2H3,(H-,27,29,31,32,33)/p+1. The van der Waals surface area contributed by atoms with Crippen LogP contribution in [0.4, 0.5) is 13.9 Å². The SMILES string of the molecule is CNC(=O)Cc1ccc(C(=O)Nc2nnc(C#CC3CC3)s2)c(C2=CC(C(F)F)=[N+]=C=C2OC)c1. The largest absolute Gasteiger partial charge is 0.484 e. The number of methoxy groups -OCH3 is 1. The fourth-order valence-electron chi connectivity index (χ4n) is 3.16. The highest BCUT2D eigenvalue weighted by Crippen LogP contribution is 2.30. The van der Waals surface area contributed by atoms with Crippen LogP contribution in [0.5, 0.6) is 0 Å². The molecule has 0 atom stereocenters. The maximum absolute atomic E-state index is 13.4. The molecule has 2 aromatic rings. The molecule has 1 aromatic carbocycles. The average molecular weight is 497 g/mol. The molecule has 1 saturated carbocycles. The van der Waals surface area contributed by atoms with Crippen molar-refractivity contribution in [2.45, 2.75) is 25.7 Å². The second-order valence-corrected chi connectivity index (χ2v) is 8.66. The molecule has 1 aliphatic heterocycles. The Morgan fingerprint density at radius 1 is 1.34 bits per heavy atom. The lowest BCUT2D eigenvalue weighted by Gasteiger charge is -2.14. The Morgan fingerprint density at radius 3 is 2.83 bits per heavy atom. The van der Waals surface area contributed by atoms with Crippen LogP contribution in [0.25, 0.3) is 5.57 Å². The summed E-state index contributed by atoms with van der Waals surface area (Å²) in [6, 6.07) is 4.71. The maximum Gasteiger partial charge on any atom is 0.383 e. The molecule has 1 aliphatic carbocycles. The van der Waals surface area contributed by atoms with Crippen molar-refractivity contribution < 1.29 is 23.1 Å². The van der Waals surface area contributed by atoms with Crippen LogP contribution in [0.1, 0.15) is 39.3 Å². The third-order valence-electron chi connectivity index (χ3n) is 5.12. The van der Waals surface area contributed by atoms with E-state index in [2.05, 4.69) is 43.2 Å². The van der Waals surface area contributed by atoms with Crippen LogP contribution in [0.15, 0.2) is 30.0 Å². The van der Waals surface area contributed by atoms with Crippen LogP contribution in [0.2, 0.25) is 0 Å². The van der Waals surface area contributed by atoms with Crippen LogP contribution in [0.3, 0.4) is 0 Å². The number of amides is 2. The first kappa shape index (κ1) is 24.0. The van der Waals surface area contributed by atoms with E-state index in [4.69, 9.17) is 4.74 Å². The molecule has 2 heterocycles. The number of hydrogen-bond acceptors (Lipinski definition) is 6. The first-order valence-corrected chi connectivity index (χ1v) is 11.4. The monoisotopic (exact) mass is 496 g/mol. The van der Waals surface area contributed by atoms with E-state index in [1.54, 1.807) is 12.1 Å². The molecule has 178 valence electrons. The summed E-state index contributed by atoms with van der Waals surface area (Å²) in [5, 5.41) is 13.9. The fourth-order valence-corrected chi connectivity index (χ4v) is 3.76. The van der Waals surface area contributed by atoms with Gasteiger partial charge in [-0.3, -0.25) is 14.9 Å². The van der Waals surface area contributed by atoms with E-state index < -0.39 is 18.0 Å². The molecule has 4 rings (SSSR count). The molecule has 1 fully saturated rings. The number of ether oxygens (including phenoxy) is 1. The highest BCUT2D eigenvalue weighted by Gasteiger charge is 2.30. The third kappa shape index (κ3) is 5.89. The lowest BCUT2D eigenvalue weighted by Crippen LogP contribution is -2.21. The summed E-state index contributed by atoms with van der Waals surface area (Å²) in [6.07, 6.45) is 0.489. The van der Waals surface area contributed by atoms with Crippen molar-refractivity contribution in [1.29, 1.82) is 0 Å². The fraction of sp³-hybridized carbons (Fsp3) is 0.292. The van der Waals surface area contributed by atoms with Gasteiger partial charge in [-0.05, 0) is 46.7 Å². The van der Waals surface area contributed by atoms with Gasteiger partial charge in [0.05, 0.1) is 13.5 Å². The average Bonchev–Trinajstić information content (AvgIpc) is 3.59. The topological polar surface area (TPSA) is 107 Å². The molecule has 0 radical (unpaired) electrons. The summed E-state index contributed by atoms with van der Waals surface area (Å²) in [5.74, 6) is 8.18. The number of likely N-dealkylation sites (N-methyl/N-ethyl adjacent to an activating group) is 1. The van der Waals surface area contributed by atoms with Gasteiger partial charge in [-0.1, -0.05) is 23.3 Å². The lowest BCUT2D eigenvalue weighted by molar-refractivity contribution is -0.119. The Bertz CT molecular complexity index is 1390. The summed E-state index contributed by atoms with van der Waals surface area (Å²) in [7, 11) is 2.85. The van der Waals surface area contributed by atoms with E-state index >= 15 is 0 Å². The van der Waals surface area contributed by atoms with Gasteiger partial charge in [-0.2, -0.15) is 8.78 Å². The summed E-state index contributed by atoms with van der Waals surface area (Å²) in [4.78, 5) is 25.1. The van der Waals surface area contributed by atoms with E-state index in [0.717, 1.165) is 30.3 Å². The van der Waals surface area contributed by atoms with E-state index in [1.807, 2.05) is 0 Å². The number of anilines is 1. The van der Waals surface area contributed by atoms with Crippen molar-refractivity contribution in [3.05, 3.63) is 51.7 Å². The zero-order valence-corrected chi connectivity index (χ0v) is 19.6. The van der Waals surface area contributed by atoms with Crippen LogP contribution in [-0.4, -0.2) is 54.2 Å². The Hall–Kier alpha value is -4.09. The number of nitrogens with one attached hydrogen (secondary N) is 2. The minimum atomic E-state index is -2.85. The van der Waals surface area contributed by atoms with Gasteiger partial charge in [0, 0.05) is 30.2 Å². The summed E-state index contributed by atoms with van der Waals surface area (Å²) in [5.41, 5.74) is 0.674. The second kappa shape index (κ2) is 10.5. The minimum Gasteiger partial charge on any atom is -0.484 e. The smallest absolute Gasteiger partial charge is 0.383 e. The molecular formula is C24H20F2N5O3S+. The predicted molar refractivity (Wildman–Crippen MR) is 128 cm³/mol. The number of allylic oxidation sites excluding steroid dienone is 2. The molecule has 0 spiro atoms. The highest BCUT2D eigenvalue weighted by atomic mass is 32.1. The maximum atomic E-state index is 13.4. The molecule has 0 saturated heterocycles. The van der Waals surface area contributed by atoms with Crippen molar-refractivity contribution in [3.8, 4) is 11.8 Å². The number of carbonyl (C=O) groups excluding carboxylic acids is 2. The molecule has 2 amide bonds. The molecule has 2 aliphatic rings. The van der Waals surface area contributed by atoms with E-state index in [-0.39, 0.29) is 39.9 Å². The van der Waals surface area contributed by atoms with Crippen LogP contribution in [0, 0.1) is 17.8 Å². The summed E-state index contributed by atoms with van der Waals surface area (Å²) < 4.78 is 35.6. The molecule has 0 unspecified atom stereocenters. The number of halogens is 2. The molecule has 8 nitrogen and oxygen atoms in total. The summed E-state index contributed by atoms with van der Waals surface area (Å²) in [6.45, 7) is 0. The van der Waals surface area contributed by atoms with Crippen LogP contribution in [-0.2, 0) is 16.0 Å². The van der Waals surface area contributed by atoms with Gasteiger partial charge in [-0.15, -0.1) is 10.2 Å². The number of hydrogen-bond donors (Lipinski definition) is 2. The van der Waals surface area contributed by atoms with Crippen molar-refractivity contribution in [3.63, 3.8) is 0 Å². The van der Waals surface area contributed by atoms with Crippen molar-refractivity contribution in [2.24, 2.45) is 5.92 Å². The second-order valence-electron chi connectivity index (χ2n) is 7.68. The van der Waals surface area contributed by atoms with Crippen LogP contribution >= 0.6 is 11.3 Å². The first-order valence-electron chi connectivity index (χ1n) is 10.6. The molecule has 0 bridgehead atoms. The third-order valence-corrected chi connectivity index (χ3v) is 5.87. The Balaban J connectivity index is 1.69. The number of rotatable bonds is 7. The van der Waals surface area contributed by atoms with Gasteiger partial charge in [0.25, 0.3) is 11.7 Å². The van der Waals surface area contributed by atoms with Gasteiger partial charge in [0.15, 0.2) is 5.01 Å². The van der Waals surface area contributed by atoms with E-state index in [9.17, 15) is 18.4 Å². The highest BCUT2D eigenvalue weighted by molar-refractivity contribution is 7.15. The number of aromatic nitrogens is 2. The zero-order chi connectivity index (χ0) is 24.9. The van der Waals surface area contributed by atoms with Gasteiger partial charge in [-0.25, -0.2) is 0 Å². The van der Waals surface area contributed by atoms with Crippen molar-refractivity contribution in [1.82, 2.24) is 20.2 Å². The molecule has 2 N–H and O–H groups in total. The molecular weight excluding hydrogens is 476 g/mol. The Morgan fingerprint density at radius 2 is 2.14 bits per heavy atom. The molecule has 1 aromatic heterocycles. The van der Waals surface area contributed by atoms with Crippen molar-refractivity contribution in [2.75, 3.05) is 19.5 Å². The van der Waals surface area contributed by atoms with Crippen molar-refractivity contribution >= 4 is 45.4 Å². The summed E-state index contributed by atoms with van der Waals surface area (Å²) >= 11 is 1.14. The number of carbonyl (C=O) groups is 2. The van der Waals surface area contributed by atoms with Gasteiger partial charge in [0.1, 0.15) is 0 Å². The normalized spacial score (nSPS) is 14.4. The molecule has 11 heteroatoms. The number of alkyl halides is 2. The first-order chi connectivity index (χ1) is 16.9. The number of benzene rings is 1. The van der Waals surface area contributed by atoms with E-state index in [1.165, 1.54) is 20.2 Å². The van der Waals surface area contributed by atoms with Gasteiger partial charge < -0.3 is 10.1 Å². The van der Waals surface area contributed by atoms with Crippen LogP contribution < -0.4 is 15.3 Å². The van der Waals surface area contributed by atoms with E-state index in [0.29, 0.717) is 16.5 Å². The quantitative estimate of drug-likeness (QED) is 0.452. The van der Waals surface area contributed by atoms with Gasteiger partial charge >= 0.3 is 18.0 Å². The number of nitrogens with zero attached hydrogens (tertiary/aromatic N) is 3. The lowest BCUT2D eigenvalue weighted by atomic mass is 9.93. The Labute approximate surface area is 203 Å². The molecule has 35 heavy (non-hydrogen) atoms. The zero-order valence-electron chi connectivity index (χ0n) is 18.8. The minimum absolute atomic E-state index is 0.0314.